The molecule has 0 radical (unpaired) electrons. The summed E-state index contributed by atoms with van der Waals surface area (Å²) in [6.07, 6.45) is 0. The third-order valence-corrected chi connectivity index (χ3v) is 3.53. The predicted octanol–water partition coefficient (Wildman–Crippen LogP) is 1.50. The van der Waals surface area contributed by atoms with Crippen LogP contribution in [0.2, 0.25) is 0 Å². The summed E-state index contributed by atoms with van der Waals surface area (Å²) in [5.74, 6) is 1.48. The van der Waals surface area contributed by atoms with E-state index in [1.54, 1.807) is 14.2 Å². The van der Waals surface area contributed by atoms with Crippen LogP contribution in [0.1, 0.15) is 11.6 Å². The molecule has 1 fully saturated rings. The number of benzene rings is 1. The summed E-state index contributed by atoms with van der Waals surface area (Å²) in [6, 6.07) is 7.80. The number of methoxy groups -OCH3 is 2. The van der Waals surface area contributed by atoms with Gasteiger partial charge in [0.1, 0.15) is 16.9 Å². The second-order valence-corrected chi connectivity index (χ2v) is 4.59. The van der Waals surface area contributed by atoms with Crippen LogP contribution in [0.15, 0.2) is 18.2 Å². The van der Waals surface area contributed by atoms with Crippen LogP contribution in [0, 0.1) is 16.7 Å². The molecule has 0 amide bonds. The van der Waals surface area contributed by atoms with Gasteiger partial charge in [-0.05, 0) is 25.2 Å². The van der Waals surface area contributed by atoms with Gasteiger partial charge in [-0.25, -0.2) is 0 Å². The van der Waals surface area contributed by atoms with Crippen molar-refractivity contribution in [1.29, 1.82) is 5.26 Å². The Kier molecular flexibility index (Phi) is 3.93. The minimum atomic E-state index is -0.547. The van der Waals surface area contributed by atoms with E-state index in [1.165, 1.54) is 0 Å². The van der Waals surface area contributed by atoms with E-state index in [-0.39, 0.29) is 6.04 Å². The van der Waals surface area contributed by atoms with Crippen molar-refractivity contribution in [2.24, 2.45) is 5.41 Å². The largest absolute Gasteiger partial charge is 0.497 e. The highest BCUT2D eigenvalue weighted by Gasteiger charge is 2.47. The number of nitrogens with one attached hydrogen (secondary N) is 1. The van der Waals surface area contributed by atoms with E-state index in [9.17, 15) is 5.26 Å². The van der Waals surface area contributed by atoms with Crippen LogP contribution in [-0.2, 0) is 4.74 Å². The van der Waals surface area contributed by atoms with Crippen LogP contribution >= 0.6 is 0 Å². The van der Waals surface area contributed by atoms with E-state index in [4.69, 9.17) is 14.2 Å². The van der Waals surface area contributed by atoms with Gasteiger partial charge in [0.25, 0.3) is 0 Å². The monoisotopic (exact) mass is 262 g/mol. The number of hydrogen-bond acceptors (Lipinski definition) is 5. The van der Waals surface area contributed by atoms with Crippen LogP contribution in [0.25, 0.3) is 0 Å². The molecule has 0 saturated carbocycles. The zero-order chi connectivity index (χ0) is 13.9. The topological polar surface area (TPSA) is 63.5 Å². The lowest BCUT2D eigenvalue weighted by atomic mass is 9.76. The van der Waals surface area contributed by atoms with Gasteiger partial charge < -0.3 is 19.5 Å². The fourth-order valence-electron chi connectivity index (χ4n) is 2.41. The Morgan fingerprint density at radius 3 is 2.53 bits per heavy atom. The quantitative estimate of drug-likeness (QED) is 0.871. The van der Waals surface area contributed by atoms with E-state index >= 15 is 0 Å². The van der Waals surface area contributed by atoms with E-state index in [1.807, 2.05) is 25.2 Å². The van der Waals surface area contributed by atoms with E-state index in [0.29, 0.717) is 13.2 Å². The van der Waals surface area contributed by atoms with Crippen LogP contribution in [0.5, 0.6) is 11.5 Å². The van der Waals surface area contributed by atoms with Gasteiger partial charge in [0.05, 0.1) is 39.5 Å². The van der Waals surface area contributed by atoms with Crippen LogP contribution < -0.4 is 14.8 Å². The van der Waals surface area contributed by atoms with Crippen molar-refractivity contribution >= 4 is 0 Å². The van der Waals surface area contributed by atoms with Crippen molar-refractivity contribution < 1.29 is 14.2 Å². The molecule has 1 heterocycles. The molecule has 1 aromatic rings. The molecule has 0 spiro atoms. The van der Waals surface area contributed by atoms with Crippen molar-refractivity contribution in [3.8, 4) is 17.6 Å². The van der Waals surface area contributed by atoms with Gasteiger partial charge in [-0.3, -0.25) is 0 Å². The molecular formula is C14H18N2O3. The van der Waals surface area contributed by atoms with Crippen molar-refractivity contribution in [2.45, 2.75) is 6.04 Å². The number of nitrogens with zero attached hydrogens (tertiary/aromatic N) is 1. The first-order chi connectivity index (χ1) is 9.20. The Balaban J connectivity index is 2.45. The average Bonchev–Trinajstić information content (AvgIpc) is 2.42. The number of hydrogen-bond donors (Lipinski definition) is 1. The summed E-state index contributed by atoms with van der Waals surface area (Å²) >= 11 is 0. The maximum atomic E-state index is 9.45. The lowest BCUT2D eigenvalue weighted by Gasteiger charge is -2.42. The zero-order valence-electron chi connectivity index (χ0n) is 11.4. The van der Waals surface area contributed by atoms with Gasteiger partial charge in [-0.2, -0.15) is 5.26 Å². The standard InChI is InChI=1S/C14H18N2O3/c1-16-13(14(7-15)8-19-9-14)11-6-10(17-2)4-5-12(11)18-3/h4-6,13,16H,8-9H2,1-3H3. The number of nitriles is 1. The SMILES string of the molecule is CNC(c1cc(OC)ccc1OC)C1(C#N)COC1. The Hall–Kier alpha value is -1.77. The Bertz CT molecular complexity index is 492. The molecule has 102 valence electrons. The minimum Gasteiger partial charge on any atom is -0.497 e. The zero-order valence-corrected chi connectivity index (χ0v) is 11.4. The molecule has 2 rings (SSSR count). The Morgan fingerprint density at radius 2 is 2.11 bits per heavy atom. The maximum Gasteiger partial charge on any atom is 0.123 e. The van der Waals surface area contributed by atoms with Crippen molar-refractivity contribution in [3.63, 3.8) is 0 Å². The average molecular weight is 262 g/mol. The van der Waals surface area contributed by atoms with Crippen molar-refractivity contribution in [3.05, 3.63) is 23.8 Å². The summed E-state index contributed by atoms with van der Waals surface area (Å²) in [7, 11) is 5.07. The maximum absolute atomic E-state index is 9.45. The van der Waals surface area contributed by atoms with Gasteiger partial charge in [0.15, 0.2) is 0 Å². The molecule has 0 aromatic heterocycles. The fraction of sp³-hybridized carbons (Fsp3) is 0.500. The molecule has 5 nitrogen and oxygen atoms in total. The Morgan fingerprint density at radius 1 is 1.37 bits per heavy atom. The third kappa shape index (κ3) is 2.25. The van der Waals surface area contributed by atoms with Crippen LogP contribution in [0.4, 0.5) is 0 Å². The molecule has 0 bridgehead atoms. The molecule has 1 aliphatic heterocycles. The molecule has 19 heavy (non-hydrogen) atoms. The molecule has 1 aliphatic rings. The molecule has 1 N–H and O–H groups in total. The number of ether oxygens (including phenoxy) is 3. The molecule has 5 heteroatoms. The summed E-state index contributed by atoms with van der Waals surface area (Å²) in [5, 5.41) is 12.6. The summed E-state index contributed by atoms with van der Waals surface area (Å²) in [4.78, 5) is 0. The first-order valence-electron chi connectivity index (χ1n) is 6.09. The molecule has 1 unspecified atom stereocenters. The summed E-state index contributed by atoms with van der Waals surface area (Å²) in [5.41, 5.74) is 0.364. The minimum absolute atomic E-state index is 0.156. The van der Waals surface area contributed by atoms with Crippen molar-refractivity contribution in [1.82, 2.24) is 5.32 Å². The fourth-order valence-corrected chi connectivity index (χ4v) is 2.41. The van der Waals surface area contributed by atoms with E-state index in [2.05, 4.69) is 11.4 Å². The summed E-state index contributed by atoms with van der Waals surface area (Å²) < 4.78 is 15.9. The smallest absolute Gasteiger partial charge is 0.123 e. The predicted molar refractivity (Wildman–Crippen MR) is 70.2 cm³/mol. The van der Waals surface area contributed by atoms with E-state index < -0.39 is 5.41 Å². The molecule has 1 atom stereocenters. The van der Waals surface area contributed by atoms with Crippen LogP contribution in [-0.4, -0.2) is 34.5 Å². The summed E-state index contributed by atoms with van der Waals surface area (Å²) in [6.45, 7) is 0.852. The third-order valence-electron chi connectivity index (χ3n) is 3.53. The van der Waals surface area contributed by atoms with Gasteiger partial charge in [-0.15, -0.1) is 0 Å². The highest BCUT2D eigenvalue weighted by Crippen LogP contribution is 2.43. The van der Waals surface area contributed by atoms with E-state index in [0.717, 1.165) is 17.1 Å². The second-order valence-electron chi connectivity index (χ2n) is 4.59. The van der Waals surface area contributed by atoms with Gasteiger partial charge >= 0.3 is 0 Å². The van der Waals surface area contributed by atoms with Gasteiger partial charge in [-0.1, -0.05) is 0 Å². The highest BCUT2D eigenvalue weighted by molar-refractivity contribution is 5.44. The lowest BCUT2D eigenvalue weighted by Crippen LogP contribution is -2.50. The van der Waals surface area contributed by atoms with Gasteiger partial charge in [0.2, 0.25) is 0 Å². The van der Waals surface area contributed by atoms with Crippen LogP contribution in [0.3, 0.4) is 0 Å². The molecule has 0 aliphatic carbocycles. The first-order valence-corrected chi connectivity index (χ1v) is 6.09. The lowest BCUT2D eigenvalue weighted by molar-refractivity contribution is -0.0966. The highest BCUT2D eigenvalue weighted by atomic mass is 16.5. The molecule has 1 aromatic carbocycles. The molecular weight excluding hydrogens is 244 g/mol. The van der Waals surface area contributed by atoms with Gasteiger partial charge in [0, 0.05) is 5.56 Å². The first kappa shape index (κ1) is 13.7. The Labute approximate surface area is 113 Å². The second kappa shape index (κ2) is 5.47. The van der Waals surface area contributed by atoms with Crippen molar-refractivity contribution in [2.75, 3.05) is 34.5 Å². The normalized spacial score (nSPS) is 18.0. The number of rotatable bonds is 5. The molecule has 1 saturated heterocycles.